The lowest BCUT2D eigenvalue weighted by atomic mass is 10.2. The van der Waals surface area contributed by atoms with Crippen molar-refractivity contribution in [2.45, 2.75) is 6.42 Å². The Morgan fingerprint density at radius 1 is 0.905 bits per heavy atom. The van der Waals surface area contributed by atoms with Gasteiger partial charge in [-0.1, -0.05) is 23.8 Å². The van der Waals surface area contributed by atoms with Gasteiger partial charge in [-0.2, -0.15) is 0 Å². The first-order valence-electron chi connectivity index (χ1n) is 6.56. The number of ether oxygens (including phenoxy) is 2. The molecule has 0 fully saturated rings. The molecule has 0 bridgehead atoms. The van der Waals surface area contributed by atoms with Gasteiger partial charge in [-0.3, -0.25) is 0 Å². The summed E-state index contributed by atoms with van der Waals surface area (Å²) in [4.78, 5) is 0.387. The minimum absolute atomic E-state index is 0.387. The van der Waals surface area contributed by atoms with Crippen molar-refractivity contribution in [2.75, 3.05) is 13.2 Å². The Labute approximate surface area is 134 Å². The average Bonchev–Trinajstić information content (AvgIpc) is 2.49. The number of hydrogen-bond acceptors (Lipinski definition) is 3. The molecule has 5 heteroatoms. The van der Waals surface area contributed by atoms with Gasteiger partial charge < -0.3 is 15.2 Å². The Balaban J connectivity index is 1.67. The van der Waals surface area contributed by atoms with Crippen LogP contribution >= 0.6 is 23.8 Å². The van der Waals surface area contributed by atoms with Crippen LogP contribution in [0.15, 0.2) is 48.5 Å². The number of halogens is 1. The van der Waals surface area contributed by atoms with E-state index in [1.807, 2.05) is 36.4 Å². The zero-order chi connectivity index (χ0) is 15.1. The van der Waals surface area contributed by atoms with Crippen LogP contribution in [0.5, 0.6) is 11.5 Å². The normalized spacial score (nSPS) is 10.1. The number of rotatable bonds is 7. The van der Waals surface area contributed by atoms with Crippen molar-refractivity contribution in [3.8, 4) is 11.5 Å². The average molecular weight is 322 g/mol. The van der Waals surface area contributed by atoms with Gasteiger partial charge in [0.2, 0.25) is 0 Å². The molecule has 2 rings (SSSR count). The van der Waals surface area contributed by atoms with Crippen molar-refractivity contribution in [3.63, 3.8) is 0 Å². The van der Waals surface area contributed by atoms with E-state index >= 15 is 0 Å². The Bertz CT molecular complexity index is 584. The van der Waals surface area contributed by atoms with Crippen LogP contribution in [0.4, 0.5) is 0 Å². The van der Waals surface area contributed by atoms with Crippen LogP contribution in [0.25, 0.3) is 0 Å². The Hall–Kier alpha value is -1.78. The first kappa shape index (κ1) is 15.6. The molecular weight excluding hydrogens is 306 g/mol. The standard InChI is InChI=1S/C16H16ClNO2S/c17-13-4-8-15(9-5-13)20-11-1-10-19-14-6-2-12(3-7-14)16(18)21/h2-9H,1,10-11H2,(H2,18,21). The predicted molar refractivity (Wildman–Crippen MR) is 89.4 cm³/mol. The molecule has 3 nitrogen and oxygen atoms in total. The summed E-state index contributed by atoms with van der Waals surface area (Å²) in [5.74, 6) is 1.60. The maximum atomic E-state index is 5.80. The summed E-state index contributed by atoms with van der Waals surface area (Å²) in [6.45, 7) is 1.17. The maximum absolute atomic E-state index is 5.80. The van der Waals surface area contributed by atoms with Crippen LogP contribution < -0.4 is 15.2 Å². The molecule has 110 valence electrons. The van der Waals surface area contributed by atoms with Gasteiger partial charge in [-0.15, -0.1) is 0 Å². The second kappa shape index (κ2) is 7.86. The highest BCUT2D eigenvalue weighted by Gasteiger charge is 1.98. The molecule has 0 aliphatic carbocycles. The first-order valence-corrected chi connectivity index (χ1v) is 7.35. The summed E-state index contributed by atoms with van der Waals surface area (Å²) >= 11 is 10.7. The summed E-state index contributed by atoms with van der Waals surface area (Å²) in [6, 6.07) is 14.7. The Morgan fingerprint density at radius 2 is 1.38 bits per heavy atom. The number of benzene rings is 2. The number of thiocarbonyl (C=S) groups is 1. The molecule has 2 aromatic carbocycles. The summed E-state index contributed by atoms with van der Waals surface area (Å²) in [6.07, 6.45) is 0.791. The van der Waals surface area contributed by atoms with Crippen LogP contribution in [0.2, 0.25) is 5.02 Å². The van der Waals surface area contributed by atoms with Gasteiger partial charge in [0.15, 0.2) is 0 Å². The number of nitrogens with two attached hydrogens (primary N) is 1. The fourth-order valence-electron chi connectivity index (χ4n) is 1.69. The summed E-state index contributed by atoms with van der Waals surface area (Å²) in [5.41, 5.74) is 6.37. The van der Waals surface area contributed by atoms with Gasteiger partial charge in [0, 0.05) is 17.0 Å². The molecule has 0 spiro atoms. The quantitative estimate of drug-likeness (QED) is 0.622. The highest BCUT2D eigenvalue weighted by atomic mass is 35.5. The third-order valence-corrected chi connectivity index (χ3v) is 3.27. The molecule has 2 aromatic rings. The lowest BCUT2D eigenvalue weighted by Crippen LogP contribution is -2.09. The van der Waals surface area contributed by atoms with Crippen molar-refractivity contribution in [2.24, 2.45) is 5.73 Å². The molecule has 21 heavy (non-hydrogen) atoms. The van der Waals surface area contributed by atoms with E-state index in [0.29, 0.717) is 23.2 Å². The summed E-state index contributed by atoms with van der Waals surface area (Å²) in [7, 11) is 0. The molecule has 0 unspecified atom stereocenters. The Kier molecular flexibility index (Phi) is 5.84. The zero-order valence-corrected chi connectivity index (χ0v) is 13.0. The molecule has 0 radical (unpaired) electrons. The summed E-state index contributed by atoms with van der Waals surface area (Å²) < 4.78 is 11.2. The van der Waals surface area contributed by atoms with Crippen molar-refractivity contribution in [1.82, 2.24) is 0 Å². The molecule has 0 saturated carbocycles. The van der Waals surface area contributed by atoms with E-state index in [4.69, 9.17) is 39.0 Å². The second-order valence-corrected chi connectivity index (χ2v) is 5.27. The molecule has 0 aliphatic rings. The van der Waals surface area contributed by atoms with E-state index in [1.165, 1.54) is 0 Å². The van der Waals surface area contributed by atoms with E-state index in [-0.39, 0.29) is 0 Å². The van der Waals surface area contributed by atoms with Crippen LogP contribution in [-0.2, 0) is 0 Å². The highest BCUT2D eigenvalue weighted by Crippen LogP contribution is 2.16. The van der Waals surface area contributed by atoms with Crippen LogP contribution in [-0.4, -0.2) is 18.2 Å². The minimum atomic E-state index is 0.387. The Morgan fingerprint density at radius 3 is 1.86 bits per heavy atom. The van der Waals surface area contributed by atoms with E-state index in [9.17, 15) is 0 Å². The number of hydrogen-bond donors (Lipinski definition) is 1. The monoisotopic (exact) mass is 321 g/mol. The third-order valence-electron chi connectivity index (χ3n) is 2.78. The topological polar surface area (TPSA) is 44.5 Å². The molecule has 0 aliphatic heterocycles. The smallest absolute Gasteiger partial charge is 0.119 e. The predicted octanol–water partition coefficient (Wildman–Crippen LogP) is 3.82. The third kappa shape index (κ3) is 5.25. The van der Waals surface area contributed by atoms with Crippen molar-refractivity contribution in [3.05, 3.63) is 59.1 Å². The lowest BCUT2D eigenvalue weighted by molar-refractivity contribution is 0.247. The van der Waals surface area contributed by atoms with Crippen LogP contribution in [0.3, 0.4) is 0 Å². The second-order valence-electron chi connectivity index (χ2n) is 4.39. The summed E-state index contributed by atoms with van der Waals surface area (Å²) in [5, 5.41) is 0.700. The van der Waals surface area contributed by atoms with Crippen molar-refractivity contribution in [1.29, 1.82) is 0 Å². The van der Waals surface area contributed by atoms with Gasteiger partial charge in [0.1, 0.15) is 16.5 Å². The zero-order valence-electron chi connectivity index (χ0n) is 11.4. The fraction of sp³-hybridized carbons (Fsp3) is 0.188. The molecule has 0 amide bonds. The maximum Gasteiger partial charge on any atom is 0.119 e. The molecular formula is C16H16ClNO2S. The minimum Gasteiger partial charge on any atom is -0.493 e. The van der Waals surface area contributed by atoms with Gasteiger partial charge in [-0.25, -0.2) is 0 Å². The molecule has 2 N–H and O–H groups in total. The fourth-order valence-corrected chi connectivity index (χ4v) is 1.95. The van der Waals surface area contributed by atoms with Gasteiger partial charge in [0.05, 0.1) is 13.2 Å². The van der Waals surface area contributed by atoms with Crippen molar-refractivity contribution >= 4 is 28.8 Å². The molecule has 0 atom stereocenters. The van der Waals surface area contributed by atoms with Gasteiger partial charge in [-0.05, 0) is 48.5 Å². The van der Waals surface area contributed by atoms with E-state index < -0.39 is 0 Å². The molecule has 0 heterocycles. The molecule has 0 aromatic heterocycles. The molecule has 0 saturated heterocycles. The van der Waals surface area contributed by atoms with Crippen LogP contribution in [0.1, 0.15) is 12.0 Å². The van der Waals surface area contributed by atoms with Gasteiger partial charge >= 0.3 is 0 Å². The lowest BCUT2D eigenvalue weighted by Gasteiger charge is -2.08. The highest BCUT2D eigenvalue weighted by molar-refractivity contribution is 7.80. The van der Waals surface area contributed by atoms with E-state index in [2.05, 4.69) is 0 Å². The largest absolute Gasteiger partial charge is 0.493 e. The van der Waals surface area contributed by atoms with Crippen molar-refractivity contribution < 1.29 is 9.47 Å². The van der Waals surface area contributed by atoms with Gasteiger partial charge in [0.25, 0.3) is 0 Å². The van der Waals surface area contributed by atoms with E-state index in [0.717, 1.165) is 23.5 Å². The SMILES string of the molecule is NC(=S)c1ccc(OCCCOc2ccc(Cl)cc2)cc1. The van der Waals surface area contributed by atoms with E-state index in [1.54, 1.807) is 12.1 Å². The van der Waals surface area contributed by atoms with Crippen LogP contribution in [0, 0.1) is 0 Å². The first-order chi connectivity index (χ1) is 10.1.